The number of nitrogens with one attached hydrogen (secondary N) is 4. The number of urea groups is 1. The number of ketones is 1. The van der Waals surface area contributed by atoms with E-state index in [2.05, 4.69) is 35.1 Å². The molecule has 5 fully saturated rings. The summed E-state index contributed by atoms with van der Waals surface area (Å²) in [5.74, 6) is -2.61. The van der Waals surface area contributed by atoms with E-state index in [1.54, 1.807) is 27.7 Å². The maximum absolute atomic E-state index is 14.6. The molecule has 3 saturated carbocycles. The highest BCUT2D eigenvalue weighted by atomic mass is 32.2. The van der Waals surface area contributed by atoms with Gasteiger partial charge in [0.1, 0.15) is 12.1 Å². The Bertz CT molecular complexity index is 1450. The molecule has 0 unspecified atom stereocenters. The van der Waals surface area contributed by atoms with Crippen molar-refractivity contribution >= 4 is 39.4 Å². The van der Waals surface area contributed by atoms with Crippen LogP contribution >= 0.6 is 0 Å². The number of sulfone groups is 1. The number of hydrogen-bond donors (Lipinski definition) is 4. The van der Waals surface area contributed by atoms with Crippen LogP contribution in [0, 0.1) is 17.3 Å². The van der Waals surface area contributed by atoms with Crippen molar-refractivity contribution in [1.82, 2.24) is 26.2 Å². The molecule has 288 valence electrons. The fourth-order valence-electron chi connectivity index (χ4n) is 8.42. The van der Waals surface area contributed by atoms with E-state index in [9.17, 15) is 32.4 Å². The number of rotatable bonds is 7. The third-order valence-corrected chi connectivity index (χ3v) is 15.0. The van der Waals surface area contributed by atoms with E-state index >= 15 is 0 Å². The zero-order chi connectivity index (χ0) is 37.4. The van der Waals surface area contributed by atoms with E-state index in [0.29, 0.717) is 38.8 Å². The third kappa shape index (κ3) is 9.08. The zero-order valence-corrected chi connectivity index (χ0v) is 32.3. The number of nitrogens with zero attached hydrogens (tertiary/aromatic N) is 1. The topological polar surface area (TPSA) is 180 Å². The molecule has 5 rings (SSSR count). The number of carbonyl (C=O) groups excluding carboxylic acids is 5. The van der Waals surface area contributed by atoms with Gasteiger partial charge >= 0.3 is 6.03 Å². The minimum absolute atomic E-state index is 0.000961. The van der Waals surface area contributed by atoms with Crippen molar-refractivity contribution in [2.45, 2.75) is 166 Å². The first kappa shape index (κ1) is 39.5. The Kier molecular flexibility index (Phi) is 11.9. The summed E-state index contributed by atoms with van der Waals surface area (Å²) >= 11 is 0. The molecule has 6 atom stereocenters. The lowest BCUT2D eigenvalue weighted by Gasteiger charge is -2.40. The van der Waals surface area contributed by atoms with Gasteiger partial charge in [0.15, 0.2) is 9.84 Å². The van der Waals surface area contributed by atoms with E-state index in [0.717, 1.165) is 57.8 Å². The quantitative estimate of drug-likeness (QED) is 0.288. The van der Waals surface area contributed by atoms with Gasteiger partial charge in [-0.25, -0.2) is 13.2 Å². The lowest BCUT2D eigenvalue weighted by molar-refractivity contribution is -0.146. The number of carbonyl (C=O) groups is 5. The second kappa shape index (κ2) is 15.3. The Labute approximate surface area is 303 Å². The average Bonchev–Trinajstić information content (AvgIpc) is 3.89. The summed E-state index contributed by atoms with van der Waals surface area (Å²) in [4.78, 5) is 70.3. The van der Waals surface area contributed by atoms with Gasteiger partial charge in [-0.1, -0.05) is 58.8 Å². The highest BCUT2D eigenvalue weighted by Gasteiger charge is 2.69. The summed E-state index contributed by atoms with van der Waals surface area (Å²) in [5.41, 5.74) is -1.19. The van der Waals surface area contributed by atoms with E-state index < -0.39 is 73.9 Å². The van der Waals surface area contributed by atoms with Gasteiger partial charge in [-0.3, -0.25) is 19.2 Å². The van der Waals surface area contributed by atoms with Crippen LogP contribution in [0.3, 0.4) is 0 Å². The molecule has 2 saturated heterocycles. The summed E-state index contributed by atoms with van der Waals surface area (Å²) < 4.78 is 31.9. The van der Waals surface area contributed by atoms with E-state index in [1.807, 2.05) is 0 Å². The van der Waals surface area contributed by atoms with Gasteiger partial charge in [0.2, 0.25) is 17.6 Å². The highest BCUT2D eigenvalue weighted by molar-refractivity contribution is 7.92. The van der Waals surface area contributed by atoms with E-state index in [4.69, 9.17) is 4.74 Å². The van der Waals surface area contributed by atoms with Gasteiger partial charge in [-0.05, 0) is 83.5 Å². The molecule has 0 aromatic rings. The predicted octanol–water partition coefficient (Wildman–Crippen LogP) is 3.15. The Morgan fingerprint density at radius 3 is 2.20 bits per heavy atom. The number of ether oxygens (including phenoxy) is 1. The van der Waals surface area contributed by atoms with Crippen LogP contribution in [0.25, 0.3) is 0 Å². The molecule has 0 spiro atoms. The van der Waals surface area contributed by atoms with Crippen LogP contribution in [-0.2, 0) is 33.8 Å². The first-order valence-electron chi connectivity index (χ1n) is 19.2. The van der Waals surface area contributed by atoms with Gasteiger partial charge in [0.05, 0.1) is 28.2 Å². The van der Waals surface area contributed by atoms with Gasteiger partial charge < -0.3 is 30.9 Å². The SMILES string of the molecule is C[C@@H]1OCCCCCCC[C@H](C(=O)C(=O)NC2CC2)NC(=O)[C@@H]2[C@@H]3[C@H](CN2C(=O)[C@@H]1NC(=O)NC1(CS(=O)(=O)C(C)(C)C)CCCCC1)C3(C)C. The van der Waals surface area contributed by atoms with E-state index in [1.165, 1.54) is 4.90 Å². The van der Waals surface area contributed by atoms with Gasteiger partial charge in [0, 0.05) is 19.2 Å². The number of amides is 5. The maximum Gasteiger partial charge on any atom is 0.315 e. The smallest absolute Gasteiger partial charge is 0.315 e. The molecule has 51 heavy (non-hydrogen) atoms. The lowest BCUT2D eigenvalue weighted by atomic mass is 9.83. The Morgan fingerprint density at radius 1 is 0.922 bits per heavy atom. The normalized spacial score (nSPS) is 31.8. The number of Topliss-reactive ketones (excluding diaryl/α,β-unsaturated/α-hetero) is 1. The van der Waals surface area contributed by atoms with Crippen LogP contribution in [0.4, 0.5) is 4.79 Å². The summed E-state index contributed by atoms with van der Waals surface area (Å²) in [5, 5.41) is 11.5. The summed E-state index contributed by atoms with van der Waals surface area (Å²) in [7, 11) is -3.58. The minimum atomic E-state index is -3.58. The van der Waals surface area contributed by atoms with Crippen molar-refractivity contribution in [3.63, 3.8) is 0 Å². The number of fused-ring (bicyclic) bond motifs is 3. The molecular formula is C37H61N5O8S. The van der Waals surface area contributed by atoms with Gasteiger partial charge in [-0.15, -0.1) is 0 Å². The van der Waals surface area contributed by atoms with Crippen LogP contribution < -0.4 is 21.3 Å². The van der Waals surface area contributed by atoms with E-state index in [-0.39, 0.29) is 29.0 Å². The van der Waals surface area contributed by atoms with Crippen molar-refractivity contribution in [3.8, 4) is 0 Å². The molecule has 0 radical (unpaired) electrons. The molecule has 13 nitrogen and oxygen atoms in total. The summed E-state index contributed by atoms with van der Waals surface area (Å²) in [6.45, 7) is 11.5. The molecule has 0 bridgehead atoms. The standard InChI is InChI=1S/C37H61N5O8S/c1-23-28(40-34(47)41-37(18-12-10-13-19-37)22-51(48,49)35(2,3)4)33(46)42-21-25-27(36(25,5)6)29(42)31(44)39-26(15-11-8-7-9-14-20-50-23)30(43)32(45)38-24-16-17-24/h23-29H,7-22H2,1-6H3,(H,38,45)(H,39,44)(H2,40,41,47)/t23-,25-,26+,27-,28+,29-/m0/s1. The van der Waals surface area contributed by atoms with Crippen molar-refractivity contribution in [1.29, 1.82) is 0 Å². The first-order valence-corrected chi connectivity index (χ1v) is 20.9. The number of hydrogen-bond acceptors (Lipinski definition) is 8. The second-order valence-electron chi connectivity index (χ2n) is 17.5. The molecule has 0 aromatic heterocycles. The minimum Gasteiger partial charge on any atom is -0.376 e. The highest BCUT2D eigenvalue weighted by Crippen LogP contribution is 2.65. The molecule has 3 aliphatic carbocycles. The molecule has 2 heterocycles. The largest absolute Gasteiger partial charge is 0.376 e. The Hall–Kier alpha value is -2.74. The number of piperidine rings is 1. The zero-order valence-electron chi connectivity index (χ0n) is 31.5. The van der Waals surface area contributed by atoms with Crippen molar-refractivity contribution in [2.24, 2.45) is 17.3 Å². The molecular weight excluding hydrogens is 675 g/mol. The third-order valence-electron chi connectivity index (χ3n) is 12.2. The first-order chi connectivity index (χ1) is 23.9. The average molecular weight is 736 g/mol. The van der Waals surface area contributed by atoms with Gasteiger partial charge in [0.25, 0.3) is 5.91 Å². The molecule has 5 amide bonds. The van der Waals surface area contributed by atoms with Crippen molar-refractivity contribution < 1.29 is 37.1 Å². The molecule has 5 aliphatic rings. The maximum atomic E-state index is 14.6. The van der Waals surface area contributed by atoms with Crippen LogP contribution in [0.2, 0.25) is 0 Å². The van der Waals surface area contributed by atoms with Crippen LogP contribution in [0.15, 0.2) is 0 Å². The Balaban J connectivity index is 1.39. The molecule has 4 N–H and O–H groups in total. The van der Waals surface area contributed by atoms with Crippen LogP contribution in [0.1, 0.15) is 125 Å². The van der Waals surface area contributed by atoms with Crippen molar-refractivity contribution in [2.75, 3.05) is 18.9 Å². The monoisotopic (exact) mass is 735 g/mol. The van der Waals surface area contributed by atoms with Crippen LogP contribution in [-0.4, -0.2) is 102 Å². The predicted molar refractivity (Wildman–Crippen MR) is 192 cm³/mol. The molecule has 2 aliphatic heterocycles. The summed E-state index contributed by atoms with van der Waals surface area (Å²) in [6, 6.07) is -3.70. The molecule has 14 heteroatoms. The lowest BCUT2D eigenvalue weighted by Crippen LogP contribution is -2.64. The van der Waals surface area contributed by atoms with Gasteiger partial charge in [-0.2, -0.15) is 0 Å². The Morgan fingerprint density at radius 2 is 1.55 bits per heavy atom. The van der Waals surface area contributed by atoms with Crippen molar-refractivity contribution in [3.05, 3.63) is 0 Å². The fourth-order valence-corrected chi connectivity index (χ4v) is 9.94. The molecule has 0 aromatic carbocycles. The van der Waals surface area contributed by atoms with Crippen LogP contribution in [0.5, 0.6) is 0 Å². The second-order valence-corrected chi connectivity index (χ2v) is 20.2. The summed E-state index contributed by atoms with van der Waals surface area (Å²) in [6.07, 6.45) is 8.69. The fraction of sp³-hybridized carbons (Fsp3) is 0.865.